The number of rotatable bonds is 3. The molecule has 1 fully saturated rings. The van der Waals surface area contributed by atoms with Crippen molar-refractivity contribution in [3.05, 3.63) is 29.8 Å². The minimum absolute atomic E-state index is 0.651. The molecular weight excluding hydrogens is 220 g/mol. The van der Waals surface area contributed by atoms with Gasteiger partial charge >= 0.3 is 0 Å². The molecule has 0 bridgehead atoms. The van der Waals surface area contributed by atoms with Crippen LogP contribution in [0.2, 0.25) is 0 Å². The normalized spacial score (nSPS) is 24.6. The monoisotopic (exact) mass is 246 g/mol. The third-order valence-corrected chi connectivity index (χ3v) is 4.22. The quantitative estimate of drug-likeness (QED) is 0.822. The van der Waals surface area contributed by atoms with Gasteiger partial charge in [-0.15, -0.1) is 0 Å². The van der Waals surface area contributed by atoms with Crippen molar-refractivity contribution in [1.29, 1.82) is 0 Å². The zero-order valence-electron chi connectivity index (χ0n) is 11.9. The molecule has 1 N–H and O–H groups in total. The Morgan fingerprint density at radius 1 is 1.00 bits per heavy atom. The van der Waals surface area contributed by atoms with Crippen molar-refractivity contribution in [3.8, 4) is 0 Å². The molecule has 0 saturated heterocycles. The number of hydrogen-bond acceptors (Lipinski definition) is 2. The van der Waals surface area contributed by atoms with E-state index < -0.39 is 0 Å². The summed E-state index contributed by atoms with van der Waals surface area (Å²) < 4.78 is 0. The van der Waals surface area contributed by atoms with Crippen molar-refractivity contribution < 1.29 is 0 Å². The molecule has 2 heteroatoms. The first-order chi connectivity index (χ1) is 8.72. The van der Waals surface area contributed by atoms with Gasteiger partial charge in [-0.2, -0.15) is 0 Å². The first-order valence-corrected chi connectivity index (χ1v) is 7.17. The molecule has 2 nitrogen and oxygen atoms in total. The first kappa shape index (κ1) is 13.4. The fourth-order valence-corrected chi connectivity index (χ4v) is 3.07. The summed E-state index contributed by atoms with van der Waals surface area (Å²) in [4.78, 5) is 2.16. The molecular formula is C16H26N2. The van der Waals surface area contributed by atoms with Crippen molar-refractivity contribution >= 4 is 5.69 Å². The summed E-state index contributed by atoms with van der Waals surface area (Å²) in [6.07, 6.45) is 6.78. The SMILES string of the molecule is CNC1CCCCCC1c1ccc(N(C)C)cc1. The molecule has 2 atom stereocenters. The second-order valence-corrected chi connectivity index (χ2v) is 5.63. The Bertz CT molecular complexity index is 356. The van der Waals surface area contributed by atoms with Gasteiger partial charge in [-0.3, -0.25) is 0 Å². The number of likely N-dealkylation sites (N-methyl/N-ethyl adjacent to an activating group) is 1. The maximum absolute atomic E-state index is 3.52. The first-order valence-electron chi connectivity index (χ1n) is 7.17. The highest BCUT2D eigenvalue weighted by Crippen LogP contribution is 2.32. The Hall–Kier alpha value is -1.02. The number of benzene rings is 1. The lowest BCUT2D eigenvalue weighted by molar-refractivity contribution is 0.439. The maximum Gasteiger partial charge on any atom is 0.0361 e. The van der Waals surface area contributed by atoms with Crippen molar-refractivity contribution in [2.75, 3.05) is 26.0 Å². The largest absolute Gasteiger partial charge is 0.378 e. The van der Waals surface area contributed by atoms with E-state index >= 15 is 0 Å². The predicted molar refractivity (Wildman–Crippen MR) is 79.4 cm³/mol. The van der Waals surface area contributed by atoms with Gasteiger partial charge in [0.25, 0.3) is 0 Å². The highest BCUT2D eigenvalue weighted by Gasteiger charge is 2.23. The second-order valence-electron chi connectivity index (χ2n) is 5.63. The van der Waals surface area contributed by atoms with Crippen LogP contribution in [0.4, 0.5) is 5.69 Å². The zero-order chi connectivity index (χ0) is 13.0. The number of anilines is 1. The highest BCUT2D eigenvalue weighted by atomic mass is 15.1. The van der Waals surface area contributed by atoms with Gasteiger partial charge in [0.2, 0.25) is 0 Å². The van der Waals surface area contributed by atoms with Crippen molar-refractivity contribution in [1.82, 2.24) is 5.32 Å². The summed E-state index contributed by atoms with van der Waals surface area (Å²) in [7, 11) is 6.30. The van der Waals surface area contributed by atoms with Gasteiger partial charge in [0.15, 0.2) is 0 Å². The third kappa shape index (κ3) is 3.05. The van der Waals surface area contributed by atoms with E-state index in [2.05, 4.69) is 55.6 Å². The van der Waals surface area contributed by atoms with E-state index in [0.717, 1.165) is 0 Å². The van der Waals surface area contributed by atoms with E-state index in [1.165, 1.54) is 43.4 Å². The van der Waals surface area contributed by atoms with E-state index in [1.54, 1.807) is 0 Å². The molecule has 1 aromatic rings. The number of hydrogen-bond donors (Lipinski definition) is 1. The van der Waals surface area contributed by atoms with Crippen LogP contribution in [-0.2, 0) is 0 Å². The molecule has 18 heavy (non-hydrogen) atoms. The molecule has 2 rings (SSSR count). The molecule has 0 amide bonds. The van der Waals surface area contributed by atoms with Gasteiger partial charge in [-0.05, 0) is 43.5 Å². The fraction of sp³-hybridized carbons (Fsp3) is 0.625. The van der Waals surface area contributed by atoms with Gasteiger partial charge in [0.05, 0.1) is 0 Å². The maximum atomic E-state index is 3.52. The molecule has 1 saturated carbocycles. The number of nitrogens with zero attached hydrogens (tertiary/aromatic N) is 1. The topological polar surface area (TPSA) is 15.3 Å². The van der Waals surface area contributed by atoms with Crippen LogP contribution < -0.4 is 10.2 Å². The van der Waals surface area contributed by atoms with Crippen LogP contribution in [0.5, 0.6) is 0 Å². The van der Waals surface area contributed by atoms with Crippen LogP contribution in [0, 0.1) is 0 Å². The number of nitrogens with one attached hydrogen (secondary N) is 1. The highest BCUT2D eigenvalue weighted by molar-refractivity contribution is 5.46. The van der Waals surface area contributed by atoms with Crippen LogP contribution in [0.15, 0.2) is 24.3 Å². The lowest BCUT2D eigenvalue weighted by Gasteiger charge is -2.25. The Morgan fingerprint density at radius 3 is 2.28 bits per heavy atom. The summed E-state index contributed by atoms with van der Waals surface area (Å²) >= 11 is 0. The van der Waals surface area contributed by atoms with Crippen molar-refractivity contribution in [2.24, 2.45) is 0 Å². The zero-order valence-corrected chi connectivity index (χ0v) is 11.9. The Morgan fingerprint density at radius 2 is 1.67 bits per heavy atom. The van der Waals surface area contributed by atoms with Gasteiger partial charge in [-0.1, -0.05) is 31.4 Å². The van der Waals surface area contributed by atoms with E-state index in [9.17, 15) is 0 Å². The van der Waals surface area contributed by atoms with E-state index in [-0.39, 0.29) is 0 Å². The van der Waals surface area contributed by atoms with Crippen LogP contribution in [0.3, 0.4) is 0 Å². The Kier molecular flexibility index (Phi) is 4.65. The summed E-state index contributed by atoms with van der Waals surface area (Å²) in [5.74, 6) is 0.689. The van der Waals surface area contributed by atoms with Crippen molar-refractivity contribution in [2.45, 2.75) is 44.1 Å². The minimum Gasteiger partial charge on any atom is -0.378 e. The molecule has 2 unspecified atom stereocenters. The smallest absolute Gasteiger partial charge is 0.0361 e. The standard InChI is InChI=1S/C16H26N2/c1-17-16-8-6-4-5-7-15(16)13-9-11-14(12-10-13)18(2)3/h9-12,15-17H,4-8H2,1-3H3. The summed E-state index contributed by atoms with van der Waals surface area (Å²) in [6.45, 7) is 0. The van der Waals surface area contributed by atoms with Crippen LogP contribution in [0.25, 0.3) is 0 Å². The average Bonchev–Trinajstić information content (AvgIpc) is 2.63. The summed E-state index contributed by atoms with van der Waals surface area (Å²) in [6, 6.07) is 9.77. The lowest BCUT2D eigenvalue weighted by Crippen LogP contribution is -2.31. The molecule has 0 aliphatic heterocycles. The summed E-state index contributed by atoms with van der Waals surface area (Å²) in [5.41, 5.74) is 2.79. The molecule has 1 aliphatic carbocycles. The van der Waals surface area contributed by atoms with Crippen LogP contribution in [0.1, 0.15) is 43.6 Å². The molecule has 100 valence electrons. The lowest BCUT2D eigenvalue weighted by atomic mass is 9.87. The summed E-state index contributed by atoms with van der Waals surface area (Å²) in [5, 5.41) is 3.52. The van der Waals surface area contributed by atoms with E-state index in [1.807, 2.05) is 0 Å². The van der Waals surface area contributed by atoms with E-state index in [4.69, 9.17) is 0 Å². The molecule has 0 heterocycles. The molecule has 0 aromatic heterocycles. The fourth-order valence-electron chi connectivity index (χ4n) is 3.07. The third-order valence-electron chi connectivity index (χ3n) is 4.22. The molecule has 1 aliphatic rings. The van der Waals surface area contributed by atoms with Crippen LogP contribution >= 0.6 is 0 Å². The second kappa shape index (κ2) is 6.24. The Balaban J connectivity index is 2.16. The van der Waals surface area contributed by atoms with Gasteiger partial charge in [0, 0.05) is 25.8 Å². The van der Waals surface area contributed by atoms with Crippen LogP contribution in [-0.4, -0.2) is 27.2 Å². The predicted octanol–water partition coefficient (Wildman–Crippen LogP) is 3.39. The molecule has 0 spiro atoms. The molecule has 0 radical (unpaired) electrons. The van der Waals surface area contributed by atoms with Crippen molar-refractivity contribution in [3.63, 3.8) is 0 Å². The Labute approximate surface area is 111 Å². The van der Waals surface area contributed by atoms with Gasteiger partial charge in [-0.25, -0.2) is 0 Å². The van der Waals surface area contributed by atoms with Gasteiger partial charge < -0.3 is 10.2 Å². The van der Waals surface area contributed by atoms with Gasteiger partial charge in [0.1, 0.15) is 0 Å². The van der Waals surface area contributed by atoms with E-state index in [0.29, 0.717) is 12.0 Å². The average molecular weight is 246 g/mol. The minimum atomic E-state index is 0.651. The molecule has 1 aromatic carbocycles.